The third-order valence-electron chi connectivity index (χ3n) is 7.30. The van der Waals surface area contributed by atoms with Crippen LogP contribution < -0.4 is 10.5 Å². The van der Waals surface area contributed by atoms with E-state index in [1.165, 1.54) is 24.3 Å². The number of nitro groups is 1. The highest BCUT2D eigenvalue weighted by molar-refractivity contribution is 6.36. The maximum absolute atomic E-state index is 14.0. The third kappa shape index (κ3) is 6.32. The number of carbonyl (C=O) groups is 1. The molecule has 218 valence electrons. The zero-order valence-corrected chi connectivity index (χ0v) is 24.1. The van der Waals surface area contributed by atoms with Crippen LogP contribution in [0.15, 0.2) is 61.1 Å². The monoisotopic (exact) mass is 612 g/mol. The van der Waals surface area contributed by atoms with Crippen LogP contribution in [0.2, 0.25) is 10.0 Å². The van der Waals surface area contributed by atoms with Gasteiger partial charge in [-0.2, -0.15) is 5.10 Å². The minimum Gasteiger partial charge on any atom is -0.482 e. The van der Waals surface area contributed by atoms with E-state index in [2.05, 4.69) is 10.1 Å². The number of rotatable bonds is 8. The van der Waals surface area contributed by atoms with E-state index < -0.39 is 16.8 Å². The molecule has 4 aromatic rings. The molecule has 1 saturated heterocycles. The van der Waals surface area contributed by atoms with Gasteiger partial charge in [-0.1, -0.05) is 35.3 Å². The fourth-order valence-electron chi connectivity index (χ4n) is 4.96. The summed E-state index contributed by atoms with van der Waals surface area (Å²) in [5.41, 5.74) is 8.65. The quantitative estimate of drug-likeness (QED) is 0.138. The molecule has 0 radical (unpaired) electrons. The zero-order valence-electron chi connectivity index (χ0n) is 22.5. The molecule has 3 heterocycles. The smallest absolute Gasteiger partial charge is 0.269 e. The van der Waals surface area contributed by atoms with Gasteiger partial charge in [0.1, 0.15) is 11.9 Å². The Labute approximate surface area is 251 Å². The summed E-state index contributed by atoms with van der Waals surface area (Å²) in [5.74, 6) is -0.158. The van der Waals surface area contributed by atoms with Gasteiger partial charge >= 0.3 is 0 Å². The van der Waals surface area contributed by atoms with Crippen LogP contribution >= 0.6 is 23.2 Å². The van der Waals surface area contributed by atoms with Gasteiger partial charge < -0.3 is 15.4 Å². The Balaban J connectivity index is 1.22. The molecule has 1 atom stereocenters. The standard InChI is InChI=1S/C29H27Cl2FN6O4/c1-17(27-23(30)6-7-24(32)28(27)31)42-25-13-19(14-34-29(25)33)20-15-35-37(16-20)21-8-10-36(11-9-21)26(39)12-18-2-4-22(5-3-18)38(40)41/h2-7,13-17,21H,8-12H2,1H3,(H2,33,34)/t17-/m1/s1. The van der Waals surface area contributed by atoms with E-state index in [9.17, 15) is 19.3 Å². The number of nitrogens with two attached hydrogens (primary N) is 1. The number of halogens is 3. The number of benzene rings is 2. The highest BCUT2D eigenvalue weighted by Gasteiger charge is 2.25. The van der Waals surface area contributed by atoms with Crippen LogP contribution in [-0.4, -0.2) is 43.6 Å². The molecule has 2 aromatic heterocycles. The van der Waals surface area contributed by atoms with Crippen molar-refractivity contribution >= 4 is 40.6 Å². The summed E-state index contributed by atoms with van der Waals surface area (Å²) in [7, 11) is 0. The van der Waals surface area contributed by atoms with Gasteiger partial charge in [-0.25, -0.2) is 9.37 Å². The van der Waals surface area contributed by atoms with Gasteiger partial charge in [0.05, 0.1) is 28.6 Å². The summed E-state index contributed by atoms with van der Waals surface area (Å²) in [6.45, 7) is 2.85. The fourth-order valence-corrected chi connectivity index (χ4v) is 5.64. The van der Waals surface area contributed by atoms with Crippen LogP contribution in [0.4, 0.5) is 15.9 Å². The lowest BCUT2D eigenvalue weighted by Gasteiger charge is -2.32. The lowest BCUT2D eigenvalue weighted by Crippen LogP contribution is -2.39. The Morgan fingerprint density at radius 1 is 1.17 bits per heavy atom. The Morgan fingerprint density at radius 2 is 1.88 bits per heavy atom. The van der Waals surface area contributed by atoms with Crippen molar-refractivity contribution in [3.05, 3.63) is 98.2 Å². The minimum absolute atomic E-state index is 0.00244. The molecule has 0 aliphatic carbocycles. The molecule has 42 heavy (non-hydrogen) atoms. The number of anilines is 1. The first kappa shape index (κ1) is 29.3. The number of nitrogens with zero attached hydrogens (tertiary/aromatic N) is 5. The number of amides is 1. The third-order valence-corrected chi connectivity index (χ3v) is 8.01. The summed E-state index contributed by atoms with van der Waals surface area (Å²) in [5, 5.41) is 15.6. The SMILES string of the molecule is C[C@@H](Oc1cc(-c2cnn(C3CCN(C(=O)Cc4ccc([N+](=O)[O-])cc4)CC3)c2)cnc1N)c1c(Cl)ccc(F)c1Cl. The Morgan fingerprint density at radius 3 is 2.57 bits per heavy atom. The number of non-ortho nitro benzene ring substituents is 1. The fraction of sp³-hybridized carbons (Fsp3) is 0.276. The Hall–Kier alpha value is -4.22. The van der Waals surface area contributed by atoms with Crippen LogP contribution in [0.25, 0.3) is 11.1 Å². The Kier molecular flexibility index (Phi) is 8.60. The predicted octanol–water partition coefficient (Wildman–Crippen LogP) is 6.43. The van der Waals surface area contributed by atoms with Gasteiger partial charge in [-0.3, -0.25) is 19.6 Å². The number of hydrogen-bond acceptors (Lipinski definition) is 7. The second-order valence-corrected chi connectivity index (χ2v) is 10.8. The first-order valence-corrected chi connectivity index (χ1v) is 14.0. The summed E-state index contributed by atoms with van der Waals surface area (Å²) in [4.78, 5) is 29.3. The largest absolute Gasteiger partial charge is 0.482 e. The average Bonchev–Trinajstić information content (AvgIpc) is 3.47. The summed E-state index contributed by atoms with van der Waals surface area (Å²) in [6, 6.07) is 10.5. The number of likely N-dealkylation sites (tertiary alicyclic amines) is 1. The van der Waals surface area contributed by atoms with Crippen LogP contribution in [0, 0.1) is 15.9 Å². The van der Waals surface area contributed by atoms with Crippen LogP contribution in [-0.2, 0) is 11.2 Å². The number of aromatic nitrogens is 3. The maximum atomic E-state index is 14.0. The predicted molar refractivity (Wildman–Crippen MR) is 157 cm³/mol. The van der Waals surface area contributed by atoms with E-state index in [0.29, 0.717) is 24.4 Å². The topological polar surface area (TPSA) is 129 Å². The van der Waals surface area contributed by atoms with Crippen molar-refractivity contribution in [3.63, 3.8) is 0 Å². The Bertz CT molecular complexity index is 1620. The van der Waals surface area contributed by atoms with Crippen LogP contribution in [0.1, 0.15) is 43.0 Å². The highest BCUT2D eigenvalue weighted by Crippen LogP contribution is 2.37. The molecule has 2 aromatic carbocycles. The minimum atomic E-state index is -0.698. The van der Waals surface area contributed by atoms with Gasteiger partial charge in [-0.15, -0.1) is 0 Å². The molecule has 0 unspecified atom stereocenters. The molecule has 0 saturated carbocycles. The zero-order chi connectivity index (χ0) is 30.0. The number of hydrogen-bond donors (Lipinski definition) is 1. The van der Waals surface area contributed by atoms with E-state index in [1.807, 2.05) is 15.8 Å². The normalized spacial score (nSPS) is 14.5. The molecular weight excluding hydrogens is 586 g/mol. The van der Waals surface area contributed by atoms with Crippen molar-refractivity contribution in [1.29, 1.82) is 0 Å². The van der Waals surface area contributed by atoms with Gasteiger partial charge in [0.25, 0.3) is 5.69 Å². The van der Waals surface area contributed by atoms with Crippen molar-refractivity contribution in [3.8, 4) is 16.9 Å². The van der Waals surface area contributed by atoms with E-state index >= 15 is 0 Å². The van der Waals surface area contributed by atoms with E-state index in [0.717, 1.165) is 29.5 Å². The summed E-state index contributed by atoms with van der Waals surface area (Å²) >= 11 is 12.4. The molecule has 13 heteroatoms. The maximum Gasteiger partial charge on any atom is 0.269 e. The van der Waals surface area contributed by atoms with E-state index in [-0.39, 0.29) is 39.9 Å². The number of piperidine rings is 1. The highest BCUT2D eigenvalue weighted by atomic mass is 35.5. The molecule has 10 nitrogen and oxygen atoms in total. The van der Waals surface area contributed by atoms with Crippen molar-refractivity contribution in [2.24, 2.45) is 0 Å². The van der Waals surface area contributed by atoms with Gasteiger partial charge in [0.15, 0.2) is 11.6 Å². The number of nitro benzene ring substituents is 1. The van der Waals surface area contributed by atoms with E-state index in [4.69, 9.17) is 33.7 Å². The van der Waals surface area contributed by atoms with Crippen LogP contribution in [0.5, 0.6) is 5.75 Å². The van der Waals surface area contributed by atoms with Crippen molar-refractivity contribution in [1.82, 2.24) is 19.7 Å². The number of pyridine rings is 1. The molecule has 2 N–H and O–H groups in total. The molecule has 0 spiro atoms. The molecule has 0 bridgehead atoms. The summed E-state index contributed by atoms with van der Waals surface area (Å²) < 4.78 is 21.9. The molecular formula is C29H27Cl2FN6O4. The number of ether oxygens (including phenoxy) is 1. The lowest BCUT2D eigenvalue weighted by atomic mass is 10.0. The molecule has 5 rings (SSSR count). The van der Waals surface area contributed by atoms with Crippen LogP contribution in [0.3, 0.4) is 0 Å². The second-order valence-electron chi connectivity index (χ2n) is 10.0. The lowest BCUT2D eigenvalue weighted by molar-refractivity contribution is -0.384. The second kappa shape index (κ2) is 12.3. The number of nitrogen functional groups attached to an aromatic ring is 1. The first-order valence-electron chi connectivity index (χ1n) is 13.2. The van der Waals surface area contributed by atoms with Crippen molar-refractivity contribution < 1.29 is 18.8 Å². The number of carbonyl (C=O) groups excluding carboxylic acids is 1. The molecule has 1 aliphatic rings. The van der Waals surface area contributed by atoms with E-state index in [1.54, 1.807) is 37.5 Å². The average molecular weight is 613 g/mol. The van der Waals surface area contributed by atoms with Crippen molar-refractivity contribution in [2.75, 3.05) is 18.8 Å². The summed E-state index contributed by atoms with van der Waals surface area (Å²) in [6.07, 6.45) is 6.22. The van der Waals surface area contributed by atoms with Gasteiger partial charge in [0.2, 0.25) is 5.91 Å². The molecule has 1 fully saturated rings. The van der Waals surface area contributed by atoms with Gasteiger partial charge in [0, 0.05) is 59.3 Å². The first-order chi connectivity index (χ1) is 20.1. The molecule has 1 amide bonds. The van der Waals surface area contributed by atoms with Gasteiger partial charge in [-0.05, 0) is 43.5 Å². The van der Waals surface area contributed by atoms with Crippen molar-refractivity contribution in [2.45, 2.75) is 38.3 Å². The molecule has 1 aliphatic heterocycles.